The molecular weight excluding hydrogens is 204 g/mol. The van der Waals surface area contributed by atoms with Crippen molar-refractivity contribution in [2.75, 3.05) is 17.4 Å². The quantitative estimate of drug-likeness (QED) is 0.772. The van der Waals surface area contributed by atoms with Crippen LogP contribution in [-0.2, 0) is 11.3 Å². The molecule has 0 unspecified atom stereocenters. The third-order valence-electron chi connectivity index (χ3n) is 2.83. The minimum absolute atomic E-state index is 0.210. The Morgan fingerprint density at radius 2 is 1.73 bits per heavy atom. The Kier molecular flexibility index (Phi) is 4.55. The largest absolute Gasteiger partial charge is 0.368 e. The molecule has 0 bridgehead atoms. The Balaban J connectivity index is 1.66. The number of hydrogen-bond donors (Lipinski definition) is 1. The Morgan fingerprint density at radius 3 is 2.47 bits per heavy atom. The fourth-order valence-corrected chi connectivity index (χ4v) is 4.13. The molecule has 15 heavy (non-hydrogen) atoms. The summed E-state index contributed by atoms with van der Waals surface area (Å²) in [6.45, 7) is 0.791. The van der Waals surface area contributed by atoms with Gasteiger partial charge in [-0.3, -0.25) is 0 Å². The molecule has 1 fully saturated rings. The van der Waals surface area contributed by atoms with E-state index >= 15 is 0 Å². The maximum absolute atomic E-state index is 5.79. The van der Waals surface area contributed by atoms with E-state index in [9.17, 15) is 0 Å². The number of ether oxygens (including phenoxy) is 1. The third-order valence-corrected chi connectivity index (χ3v) is 5.28. The highest BCUT2D eigenvalue weighted by Crippen LogP contribution is 2.32. The summed E-state index contributed by atoms with van der Waals surface area (Å²) in [4.78, 5) is 0. The van der Waals surface area contributed by atoms with E-state index in [0.29, 0.717) is 0 Å². The molecule has 0 atom stereocenters. The lowest BCUT2D eigenvalue weighted by atomic mass is 10.2. The van der Waals surface area contributed by atoms with Gasteiger partial charge in [0.1, 0.15) is 0 Å². The van der Waals surface area contributed by atoms with Gasteiger partial charge < -0.3 is 4.74 Å². The van der Waals surface area contributed by atoms with E-state index in [-0.39, 0.29) is 10.9 Å². The van der Waals surface area contributed by atoms with Crippen LogP contribution < -0.4 is 0 Å². The van der Waals surface area contributed by atoms with E-state index in [1.807, 2.05) is 0 Å². The zero-order valence-electron chi connectivity index (χ0n) is 9.19. The second-order valence-corrected chi connectivity index (χ2v) is 6.64. The van der Waals surface area contributed by atoms with E-state index in [1.54, 1.807) is 0 Å². The molecule has 1 aromatic rings. The van der Waals surface area contributed by atoms with Gasteiger partial charge in [0.15, 0.2) is 0 Å². The van der Waals surface area contributed by atoms with Crippen molar-refractivity contribution < 1.29 is 4.74 Å². The van der Waals surface area contributed by atoms with Crippen LogP contribution in [0.15, 0.2) is 30.3 Å². The lowest BCUT2D eigenvalue weighted by Crippen LogP contribution is -2.07. The minimum Gasteiger partial charge on any atom is -0.368 e. The number of thiol groups is 1. The van der Waals surface area contributed by atoms with E-state index in [2.05, 4.69) is 30.3 Å². The van der Waals surface area contributed by atoms with Crippen LogP contribution in [0.5, 0.6) is 0 Å². The van der Waals surface area contributed by atoms with Crippen molar-refractivity contribution in [1.82, 2.24) is 0 Å². The summed E-state index contributed by atoms with van der Waals surface area (Å²) in [6, 6.07) is 10.5. The van der Waals surface area contributed by atoms with Gasteiger partial charge in [-0.1, -0.05) is 36.8 Å². The summed E-state index contributed by atoms with van der Waals surface area (Å²) < 4.78 is 5.79. The SMILES string of the molecule is c1ccc(COC[SH]2CCCCC2)cc1. The zero-order chi connectivity index (χ0) is 10.3. The van der Waals surface area contributed by atoms with Crippen LogP contribution in [0.4, 0.5) is 0 Å². The van der Waals surface area contributed by atoms with E-state index in [1.165, 1.54) is 36.3 Å². The second-order valence-electron chi connectivity index (χ2n) is 4.14. The summed E-state index contributed by atoms with van der Waals surface area (Å²) in [5.41, 5.74) is 1.30. The van der Waals surface area contributed by atoms with Crippen molar-refractivity contribution in [3.63, 3.8) is 0 Å². The topological polar surface area (TPSA) is 9.23 Å². The van der Waals surface area contributed by atoms with Crippen LogP contribution in [0.2, 0.25) is 0 Å². The highest BCUT2D eigenvalue weighted by molar-refractivity contribution is 8.16. The fourth-order valence-electron chi connectivity index (χ4n) is 1.96. The molecule has 1 nitrogen and oxygen atoms in total. The molecule has 0 saturated carbocycles. The molecule has 1 heterocycles. The van der Waals surface area contributed by atoms with Crippen molar-refractivity contribution in [3.05, 3.63) is 35.9 Å². The van der Waals surface area contributed by atoms with Crippen molar-refractivity contribution in [3.8, 4) is 0 Å². The average molecular weight is 224 g/mol. The van der Waals surface area contributed by atoms with Crippen molar-refractivity contribution >= 4 is 10.9 Å². The maximum atomic E-state index is 5.79. The summed E-state index contributed by atoms with van der Waals surface area (Å²) in [7, 11) is 0.210. The van der Waals surface area contributed by atoms with Gasteiger partial charge in [-0.25, -0.2) is 10.9 Å². The first-order valence-electron chi connectivity index (χ1n) is 5.79. The van der Waals surface area contributed by atoms with Crippen LogP contribution in [-0.4, -0.2) is 17.4 Å². The minimum atomic E-state index is 0.210. The predicted molar refractivity (Wildman–Crippen MR) is 68.7 cm³/mol. The van der Waals surface area contributed by atoms with Crippen LogP contribution in [0, 0.1) is 0 Å². The molecule has 1 aliphatic rings. The highest BCUT2D eigenvalue weighted by Gasteiger charge is 2.09. The fraction of sp³-hybridized carbons (Fsp3) is 0.538. The van der Waals surface area contributed by atoms with Gasteiger partial charge >= 0.3 is 0 Å². The molecule has 0 radical (unpaired) electrons. The first-order valence-corrected chi connectivity index (χ1v) is 7.69. The molecular formula is C13H20OS. The van der Waals surface area contributed by atoms with Crippen LogP contribution >= 0.6 is 10.9 Å². The molecule has 0 aliphatic carbocycles. The molecule has 0 aromatic heterocycles. The average Bonchev–Trinajstić information content (AvgIpc) is 2.32. The first-order chi connectivity index (χ1) is 7.45. The second kappa shape index (κ2) is 6.19. The Labute approximate surface area is 95.2 Å². The Bertz CT molecular complexity index is 267. The van der Waals surface area contributed by atoms with E-state index < -0.39 is 0 Å². The lowest BCUT2D eigenvalue weighted by Gasteiger charge is -2.25. The van der Waals surface area contributed by atoms with Crippen molar-refractivity contribution in [1.29, 1.82) is 0 Å². The van der Waals surface area contributed by atoms with Gasteiger partial charge in [0.05, 0.1) is 12.5 Å². The molecule has 1 aromatic carbocycles. The normalized spacial score (nSPS) is 19.1. The van der Waals surface area contributed by atoms with E-state index in [4.69, 9.17) is 4.74 Å². The third kappa shape index (κ3) is 3.88. The van der Waals surface area contributed by atoms with E-state index in [0.717, 1.165) is 12.5 Å². The number of hydrogen-bond acceptors (Lipinski definition) is 1. The zero-order valence-corrected chi connectivity index (χ0v) is 10.1. The predicted octanol–water partition coefficient (Wildman–Crippen LogP) is 3.35. The molecule has 1 saturated heterocycles. The molecule has 0 spiro atoms. The van der Waals surface area contributed by atoms with Gasteiger partial charge in [0.2, 0.25) is 0 Å². The maximum Gasteiger partial charge on any atom is 0.0751 e. The molecule has 2 heteroatoms. The standard InChI is InChI=1S/C13H20OS/c1-3-7-13(8-4-1)11-14-12-15-9-5-2-6-10-15/h1,3-4,7-8,15H,2,5-6,9-12H2. The molecule has 2 rings (SSSR count). The van der Waals surface area contributed by atoms with Gasteiger partial charge in [0, 0.05) is 0 Å². The van der Waals surface area contributed by atoms with Gasteiger partial charge in [-0.05, 0) is 29.9 Å². The summed E-state index contributed by atoms with van der Waals surface area (Å²) in [5, 5.41) is 0. The van der Waals surface area contributed by atoms with Crippen LogP contribution in [0.1, 0.15) is 24.8 Å². The number of rotatable bonds is 4. The summed E-state index contributed by atoms with van der Waals surface area (Å²) >= 11 is 0. The molecule has 0 N–H and O–H groups in total. The smallest absolute Gasteiger partial charge is 0.0751 e. The number of benzene rings is 1. The monoisotopic (exact) mass is 224 g/mol. The Morgan fingerprint density at radius 1 is 1.00 bits per heavy atom. The van der Waals surface area contributed by atoms with Crippen molar-refractivity contribution in [2.45, 2.75) is 25.9 Å². The lowest BCUT2D eigenvalue weighted by molar-refractivity contribution is 0.167. The molecule has 1 aliphatic heterocycles. The summed E-state index contributed by atoms with van der Waals surface area (Å²) in [6.07, 6.45) is 4.30. The van der Waals surface area contributed by atoms with Gasteiger partial charge in [-0.2, -0.15) is 0 Å². The summed E-state index contributed by atoms with van der Waals surface area (Å²) in [5.74, 6) is 3.89. The molecule has 0 amide bonds. The van der Waals surface area contributed by atoms with Gasteiger partial charge in [-0.15, -0.1) is 0 Å². The van der Waals surface area contributed by atoms with Crippen LogP contribution in [0.3, 0.4) is 0 Å². The first kappa shape index (κ1) is 11.0. The van der Waals surface area contributed by atoms with Gasteiger partial charge in [0.25, 0.3) is 0 Å². The van der Waals surface area contributed by atoms with Crippen molar-refractivity contribution in [2.24, 2.45) is 0 Å². The molecule has 84 valence electrons. The highest BCUT2D eigenvalue weighted by atomic mass is 32.2. The van der Waals surface area contributed by atoms with Crippen LogP contribution in [0.25, 0.3) is 0 Å². The Hall–Kier alpha value is -0.470.